The van der Waals surface area contributed by atoms with Crippen LogP contribution in [0, 0.1) is 0 Å². The first-order valence-electron chi connectivity index (χ1n) is 9.67. The maximum absolute atomic E-state index is 9.11. The summed E-state index contributed by atoms with van der Waals surface area (Å²) in [5.74, 6) is 2.85. The lowest BCUT2D eigenvalue weighted by atomic mass is 9.96. The van der Waals surface area contributed by atoms with Gasteiger partial charge in [0, 0.05) is 28.7 Å². The number of rotatable bonds is 7. The third-order valence-corrected chi connectivity index (χ3v) is 6.11. The molecule has 0 amide bonds. The van der Waals surface area contributed by atoms with Crippen molar-refractivity contribution in [1.29, 1.82) is 0 Å². The normalized spacial score (nSPS) is 13.4. The second kappa shape index (κ2) is 8.82. The highest BCUT2D eigenvalue weighted by molar-refractivity contribution is 7.98. The molecular weight excluding hydrogens is 366 g/mol. The molecule has 0 aliphatic carbocycles. The van der Waals surface area contributed by atoms with Crippen LogP contribution in [0.4, 0.5) is 0 Å². The molecule has 1 aliphatic rings. The Labute approximate surface area is 170 Å². The molecule has 4 rings (SSSR count). The van der Waals surface area contributed by atoms with E-state index in [-0.39, 0.29) is 12.6 Å². The van der Waals surface area contributed by atoms with Crippen LogP contribution in [0.2, 0.25) is 0 Å². The van der Waals surface area contributed by atoms with Crippen molar-refractivity contribution in [3.05, 3.63) is 89.0 Å². The highest BCUT2D eigenvalue weighted by Gasteiger charge is 2.18. The van der Waals surface area contributed by atoms with Crippen molar-refractivity contribution in [3.63, 3.8) is 0 Å². The summed E-state index contributed by atoms with van der Waals surface area (Å²) in [5, 5.41) is 9.11. The Morgan fingerprint density at radius 1 is 0.929 bits per heavy atom. The minimum atomic E-state index is -0.155. The van der Waals surface area contributed by atoms with Crippen molar-refractivity contribution in [3.8, 4) is 11.5 Å². The fourth-order valence-corrected chi connectivity index (χ4v) is 4.33. The van der Waals surface area contributed by atoms with Gasteiger partial charge in [0.2, 0.25) is 0 Å². The van der Waals surface area contributed by atoms with Gasteiger partial charge in [-0.15, -0.1) is 11.8 Å². The first-order valence-corrected chi connectivity index (χ1v) is 10.7. The lowest BCUT2D eigenvalue weighted by Gasteiger charge is -2.22. The summed E-state index contributed by atoms with van der Waals surface area (Å²) in [6, 6.07) is 23.2. The van der Waals surface area contributed by atoms with Crippen LogP contribution in [-0.2, 0) is 18.6 Å². The predicted molar refractivity (Wildman–Crippen MR) is 115 cm³/mol. The van der Waals surface area contributed by atoms with Crippen molar-refractivity contribution in [2.75, 3.05) is 6.61 Å². The minimum Gasteiger partial charge on any atom is -0.457 e. The summed E-state index contributed by atoms with van der Waals surface area (Å²) < 4.78 is 6.12. The second-order valence-corrected chi connectivity index (χ2v) is 8.29. The number of aryl methyl sites for hydroxylation is 1. The summed E-state index contributed by atoms with van der Waals surface area (Å²) in [6.07, 6.45) is 2.53. The van der Waals surface area contributed by atoms with Gasteiger partial charge in [-0.05, 0) is 53.8 Å². The van der Waals surface area contributed by atoms with E-state index >= 15 is 0 Å². The third kappa shape index (κ3) is 4.58. The Morgan fingerprint density at radius 3 is 2.46 bits per heavy atom. The summed E-state index contributed by atoms with van der Waals surface area (Å²) in [4.78, 5) is 1.26. The van der Waals surface area contributed by atoms with E-state index in [2.05, 4.69) is 60.7 Å². The van der Waals surface area contributed by atoms with Crippen LogP contribution in [-0.4, -0.2) is 17.8 Å². The maximum atomic E-state index is 9.11. The van der Waals surface area contributed by atoms with Crippen molar-refractivity contribution in [1.82, 2.24) is 0 Å². The van der Waals surface area contributed by atoms with Crippen LogP contribution in [0.25, 0.3) is 0 Å². The Bertz CT molecular complexity index is 943. The molecule has 3 nitrogen and oxygen atoms in total. The first-order chi connectivity index (χ1) is 13.7. The molecular formula is C24H25NO2S. The lowest BCUT2D eigenvalue weighted by molar-refractivity contribution is 0.260. The van der Waals surface area contributed by atoms with Gasteiger partial charge in [-0.1, -0.05) is 42.5 Å². The monoisotopic (exact) mass is 391 g/mol. The van der Waals surface area contributed by atoms with Gasteiger partial charge in [0.25, 0.3) is 0 Å². The molecule has 28 heavy (non-hydrogen) atoms. The van der Waals surface area contributed by atoms with E-state index in [1.165, 1.54) is 27.1 Å². The van der Waals surface area contributed by atoms with E-state index in [9.17, 15) is 0 Å². The molecule has 3 N–H and O–H groups in total. The zero-order valence-corrected chi connectivity index (χ0v) is 16.6. The van der Waals surface area contributed by atoms with Gasteiger partial charge in [-0.25, -0.2) is 0 Å². The molecule has 0 bridgehead atoms. The molecule has 0 radical (unpaired) electrons. The van der Waals surface area contributed by atoms with E-state index in [0.717, 1.165) is 36.5 Å². The van der Waals surface area contributed by atoms with E-state index in [4.69, 9.17) is 15.6 Å². The molecule has 1 atom stereocenters. The molecule has 3 aromatic rings. The van der Waals surface area contributed by atoms with Crippen LogP contribution in [0.1, 0.15) is 28.7 Å². The fourth-order valence-electron chi connectivity index (χ4n) is 3.42. The molecule has 144 valence electrons. The van der Waals surface area contributed by atoms with Gasteiger partial charge in [0.05, 0.1) is 6.61 Å². The van der Waals surface area contributed by atoms with Gasteiger partial charge in [0.1, 0.15) is 11.5 Å². The minimum absolute atomic E-state index is 0.0326. The number of ether oxygens (including phenoxy) is 1. The summed E-state index contributed by atoms with van der Waals surface area (Å²) in [5.41, 5.74) is 10.8. The van der Waals surface area contributed by atoms with Gasteiger partial charge < -0.3 is 15.6 Å². The Balaban J connectivity index is 1.45. The molecule has 0 fully saturated rings. The van der Waals surface area contributed by atoms with Gasteiger partial charge in [-0.3, -0.25) is 0 Å². The third-order valence-electron chi connectivity index (χ3n) is 5.04. The standard InChI is InChI=1S/C24H25NO2S/c25-21(15-26)8-6-17-7-10-23-19(12-17)13-20-14-22(9-11-24(20)27-23)28-16-18-4-2-1-3-5-18/h1-5,7,9-12,14,21,26H,6,8,13,15-16,25H2. The molecule has 0 spiro atoms. The van der Waals surface area contributed by atoms with Crippen LogP contribution in [0.5, 0.6) is 11.5 Å². The largest absolute Gasteiger partial charge is 0.457 e. The molecule has 1 unspecified atom stereocenters. The Hall–Kier alpha value is -2.27. The summed E-state index contributed by atoms with van der Waals surface area (Å²) in [7, 11) is 0. The number of benzene rings is 3. The quantitative estimate of drug-likeness (QED) is 0.439. The fraction of sp³-hybridized carbons (Fsp3) is 0.250. The zero-order chi connectivity index (χ0) is 19.3. The molecule has 0 saturated heterocycles. The topological polar surface area (TPSA) is 55.5 Å². The highest BCUT2D eigenvalue weighted by atomic mass is 32.2. The highest BCUT2D eigenvalue weighted by Crippen LogP contribution is 2.39. The molecule has 3 aromatic carbocycles. The first kappa shape index (κ1) is 19.1. The number of aliphatic hydroxyl groups excluding tert-OH is 1. The Kier molecular flexibility index (Phi) is 6.01. The van der Waals surface area contributed by atoms with Gasteiger partial charge in [0.15, 0.2) is 0 Å². The van der Waals surface area contributed by atoms with Crippen LogP contribution in [0.3, 0.4) is 0 Å². The number of aliphatic hydroxyl groups is 1. The smallest absolute Gasteiger partial charge is 0.131 e. The number of hydrogen-bond acceptors (Lipinski definition) is 4. The summed E-state index contributed by atoms with van der Waals surface area (Å²) >= 11 is 1.85. The van der Waals surface area contributed by atoms with Gasteiger partial charge >= 0.3 is 0 Å². The second-order valence-electron chi connectivity index (χ2n) is 7.25. The Morgan fingerprint density at radius 2 is 1.68 bits per heavy atom. The van der Waals surface area contributed by atoms with Crippen molar-refractivity contribution in [2.24, 2.45) is 5.73 Å². The van der Waals surface area contributed by atoms with E-state index in [0.29, 0.717) is 0 Å². The van der Waals surface area contributed by atoms with Crippen LogP contribution >= 0.6 is 11.8 Å². The number of nitrogens with two attached hydrogens (primary N) is 1. The predicted octanol–water partition coefficient (Wildman–Crippen LogP) is 4.93. The number of fused-ring (bicyclic) bond motifs is 2. The van der Waals surface area contributed by atoms with Crippen LogP contribution < -0.4 is 10.5 Å². The maximum Gasteiger partial charge on any atom is 0.131 e. The average molecular weight is 392 g/mol. The van der Waals surface area contributed by atoms with E-state index in [1.54, 1.807) is 0 Å². The van der Waals surface area contributed by atoms with E-state index in [1.807, 2.05) is 17.8 Å². The molecule has 0 aromatic heterocycles. The number of thioether (sulfide) groups is 1. The lowest BCUT2D eigenvalue weighted by Crippen LogP contribution is -2.24. The summed E-state index contributed by atoms with van der Waals surface area (Å²) in [6.45, 7) is 0.0326. The van der Waals surface area contributed by atoms with Crippen molar-refractivity contribution < 1.29 is 9.84 Å². The molecule has 1 heterocycles. The molecule has 0 saturated carbocycles. The molecule has 1 aliphatic heterocycles. The van der Waals surface area contributed by atoms with Crippen molar-refractivity contribution >= 4 is 11.8 Å². The average Bonchev–Trinajstić information content (AvgIpc) is 2.75. The van der Waals surface area contributed by atoms with Crippen LogP contribution in [0.15, 0.2) is 71.6 Å². The zero-order valence-electron chi connectivity index (χ0n) is 15.8. The van der Waals surface area contributed by atoms with Gasteiger partial charge in [-0.2, -0.15) is 0 Å². The number of hydrogen-bond donors (Lipinski definition) is 2. The van der Waals surface area contributed by atoms with E-state index < -0.39 is 0 Å². The van der Waals surface area contributed by atoms with Crippen molar-refractivity contribution in [2.45, 2.75) is 36.0 Å². The molecule has 4 heteroatoms. The SMILES string of the molecule is NC(CO)CCc1ccc2c(c1)Cc1cc(SCc3ccccc3)ccc1O2.